The van der Waals surface area contributed by atoms with E-state index in [0.717, 1.165) is 16.3 Å². The van der Waals surface area contributed by atoms with Gasteiger partial charge in [-0.05, 0) is 23.3 Å². The van der Waals surface area contributed by atoms with Crippen molar-refractivity contribution < 1.29 is 4.79 Å². The molecule has 126 valence electrons. The van der Waals surface area contributed by atoms with Gasteiger partial charge >= 0.3 is 0 Å². The van der Waals surface area contributed by atoms with Crippen molar-refractivity contribution in [2.45, 2.75) is 17.4 Å². The van der Waals surface area contributed by atoms with Crippen LogP contribution in [0.4, 0.5) is 0 Å². The third-order valence-electron chi connectivity index (χ3n) is 4.00. The second-order valence-corrected chi connectivity index (χ2v) is 7.46. The minimum Gasteiger partial charge on any atom is -0.294 e. The molecule has 3 aromatic carbocycles. The molecular weight excluding hydrogens is 348 g/mol. The number of hydrogen-bond acceptors (Lipinski definition) is 2. The molecule has 0 amide bonds. The first kappa shape index (κ1) is 17.8. The highest BCUT2D eigenvalue weighted by atomic mass is 35.5. The summed E-state index contributed by atoms with van der Waals surface area (Å²) in [4.78, 5) is 12.7. The Morgan fingerprint density at radius 2 is 1.44 bits per heavy atom. The van der Waals surface area contributed by atoms with Crippen LogP contribution in [0.25, 0.3) is 0 Å². The third-order valence-corrected chi connectivity index (χ3v) is 5.60. The monoisotopic (exact) mass is 366 g/mol. The van der Waals surface area contributed by atoms with Gasteiger partial charge in [-0.15, -0.1) is 11.8 Å². The molecule has 0 radical (unpaired) electrons. The van der Waals surface area contributed by atoms with Gasteiger partial charge in [-0.1, -0.05) is 84.4 Å². The van der Waals surface area contributed by atoms with Crippen molar-refractivity contribution in [3.63, 3.8) is 0 Å². The van der Waals surface area contributed by atoms with Crippen LogP contribution in [-0.2, 0) is 5.75 Å². The van der Waals surface area contributed by atoms with Crippen molar-refractivity contribution in [2.75, 3.05) is 0 Å². The molecule has 0 aromatic heterocycles. The van der Waals surface area contributed by atoms with Gasteiger partial charge in [-0.25, -0.2) is 0 Å². The van der Waals surface area contributed by atoms with Crippen LogP contribution in [0, 0.1) is 0 Å². The lowest BCUT2D eigenvalue weighted by atomic mass is 10.0. The molecule has 0 aliphatic carbocycles. The number of rotatable bonds is 7. The molecule has 0 saturated heterocycles. The van der Waals surface area contributed by atoms with E-state index in [1.54, 1.807) is 11.8 Å². The molecule has 0 saturated carbocycles. The Hall–Kier alpha value is -2.03. The Bertz CT molecular complexity index is 800. The van der Waals surface area contributed by atoms with Crippen molar-refractivity contribution >= 4 is 29.1 Å². The zero-order valence-electron chi connectivity index (χ0n) is 13.8. The van der Waals surface area contributed by atoms with Crippen molar-refractivity contribution in [2.24, 2.45) is 0 Å². The molecule has 0 spiro atoms. The number of Topliss-reactive ketones (excluding diaryl/α,β-unsaturated/α-hetero) is 1. The highest BCUT2D eigenvalue weighted by Crippen LogP contribution is 2.35. The van der Waals surface area contributed by atoms with E-state index in [1.165, 1.54) is 11.1 Å². The number of thioether (sulfide) groups is 1. The minimum atomic E-state index is 0.129. The van der Waals surface area contributed by atoms with Gasteiger partial charge in [0.1, 0.15) is 0 Å². The first-order valence-electron chi connectivity index (χ1n) is 8.21. The molecule has 0 aliphatic heterocycles. The molecule has 0 bridgehead atoms. The van der Waals surface area contributed by atoms with Gasteiger partial charge < -0.3 is 0 Å². The SMILES string of the molecule is O=C(C[C@@H](SCc1ccc(Cl)cc1)c1ccccc1)c1ccccc1. The van der Waals surface area contributed by atoms with Gasteiger partial charge in [-0.3, -0.25) is 4.79 Å². The Morgan fingerprint density at radius 1 is 0.840 bits per heavy atom. The smallest absolute Gasteiger partial charge is 0.164 e. The number of ketones is 1. The van der Waals surface area contributed by atoms with Crippen LogP contribution in [0.3, 0.4) is 0 Å². The van der Waals surface area contributed by atoms with E-state index in [1.807, 2.05) is 72.8 Å². The summed E-state index contributed by atoms with van der Waals surface area (Å²) in [6.07, 6.45) is 0.492. The van der Waals surface area contributed by atoms with Crippen LogP contribution in [0.5, 0.6) is 0 Å². The quantitative estimate of drug-likeness (QED) is 0.439. The molecule has 0 N–H and O–H groups in total. The van der Waals surface area contributed by atoms with E-state index in [9.17, 15) is 4.79 Å². The fourth-order valence-electron chi connectivity index (χ4n) is 2.63. The molecule has 1 atom stereocenters. The van der Waals surface area contributed by atoms with E-state index >= 15 is 0 Å². The molecule has 3 aromatic rings. The predicted molar refractivity (Wildman–Crippen MR) is 107 cm³/mol. The maximum atomic E-state index is 12.7. The maximum absolute atomic E-state index is 12.7. The zero-order valence-corrected chi connectivity index (χ0v) is 15.3. The van der Waals surface area contributed by atoms with E-state index in [4.69, 9.17) is 11.6 Å². The van der Waals surface area contributed by atoms with E-state index < -0.39 is 0 Å². The number of halogens is 1. The summed E-state index contributed by atoms with van der Waals surface area (Å²) in [5.74, 6) is 1.02. The van der Waals surface area contributed by atoms with Crippen LogP contribution < -0.4 is 0 Å². The minimum absolute atomic E-state index is 0.129. The topological polar surface area (TPSA) is 17.1 Å². The molecule has 3 heteroatoms. The van der Waals surface area contributed by atoms with Crippen LogP contribution in [0.1, 0.15) is 33.2 Å². The van der Waals surface area contributed by atoms with Crippen molar-refractivity contribution in [3.8, 4) is 0 Å². The van der Waals surface area contributed by atoms with E-state index in [0.29, 0.717) is 6.42 Å². The number of hydrogen-bond donors (Lipinski definition) is 0. The van der Waals surface area contributed by atoms with Gasteiger partial charge in [-0.2, -0.15) is 0 Å². The lowest BCUT2D eigenvalue weighted by Gasteiger charge is -2.17. The third kappa shape index (κ3) is 5.22. The van der Waals surface area contributed by atoms with Gasteiger partial charge in [0.2, 0.25) is 0 Å². The predicted octanol–water partition coefficient (Wildman–Crippen LogP) is 6.59. The lowest BCUT2D eigenvalue weighted by Crippen LogP contribution is -2.05. The van der Waals surface area contributed by atoms with Crippen LogP contribution in [0.15, 0.2) is 84.9 Å². The van der Waals surface area contributed by atoms with E-state index in [-0.39, 0.29) is 11.0 Å². The van der Waals surface area contributed by atoms with Gasteiger partial charge in [0, 0.05) is 28.0 Å². The average molecular weight is 367 g/mol. The summed E-state index contributed by atoms with van der Waals surface area (Å²) in [7, 11) is 0. The molecule has 0 heterocycles. The van der Waals surface area contributed by atoms with E-state index in [2.05, 4.69) is 12.1 Å². The summed E-state index contributed by atoms with van der Waals surface area (Å²) < 4.78 is 0. The van der Waals surface area contributed by atoms with Crippen molar-refractivity contribution in [3.05, 3.63) is 107 Å². The number of carbonyl (C=O) groups excluding carboxylic acids is 1. The summed E-state index contributed by atoms with van der Waals surface area (Å²) in [6, 6.07) is 27.6. The fourth-order valence-corrected chi connectivity index (χ4v) is 3.96. The Labute approximate surface area is 158 Å². The van der Waals surface area contributed by atoms with Gasteiger partial charge in [0.25, 0.3) is 0 Å². The second kappa shape index (κ2) is 8.89. The van der Waals surface area contributed by atoms with Crippen LogP contribution >= 0.6 is 23.4 Å². The highest BCUT2D eigenvalue weighted by Gasteiger charge is 2.17. The van der Waals surface area contributed by atoms with Crippen molar-refractivity contribution in [1.29, 1.82) is 0 Å². The summed E-state index contributed by atoms with van der Waals surface area (Å²) in [5.41, 5.74) is 3.17. The molecule has 0 unspecified atom stereocenters. The summed E-state index contributed by atoms with van der Waals surface area (Å²) in [5, 5.41) is 0.872. The maximum Gasteiger partial charge on any atom is 0.164 e. The Kier molecular flexibility index (Phi) is 6.32. The number of benzene rings is 3. The molecule has 0 fully saturated rings. The molecule has 25 heavy (non-hydrogen) atoms. The Balaban J connectivity index is 1.73. The van der Waals surface area contributed by atoms with Crippen LogP contribution in [0.2, 0.25) is 5.02 Å². The lowest BCUT2D eigenvalue weighted by molar-refractivity contribution is 0.0982. The highest BCUT2D eigenvalue weighted by molar-refractivity contribution is 7.98. The first-order valence-corrected chi connectivity index (χ1v) is 9.64. The second-order valence-electron chi connectivity index (χ2n) is 5.83. The summed E-state index contributed by atoms with van der Waals surface area (Å²) >= 11 is 7.75. The normalized spacial score (nSPS) is 11.9. The summed E-state index contributed by atoms with van der Waals surface area (Å²) in [6.45, 7) is 0. The molecule has 0 aliphatic rings. The van der Waals surface area contributed by atoms with Gasteiger partial charge in [0.05, 0.1) is 0 Å². The standard InChI is InChI=1S/C22H19ClOS/c23-20-13-11-17(12-14-20)16-25-22(19-9-5-2-6-10-19)15-21(24)18-7-3-1-4-8-18/h1-14,22H,15-16H2/t22-/m1/s1. The van der Waals surface area contributed by atoms with Crippen LogP contribution in [-0.4, -0.2) is 5.78 Å². The molecule has 1 nitrogen and oxygen atoms in total. The first-order chi connectivity index (χ1) is 12.2. The Morgan fingerprint density at radius 3 is 2.08 bits per heavy atom. The van der Waals surface area contributed by atoms with Gasteiger partial charge in [0.15, 0.2) is 5.78 Å². The van der Waals surface area contributed by atoms with Crippen molar-refractivity contribution in [1.82, 2.24) is 0 Å². The number of carbonyl (C=O) groups is 1. The molecular formula is C22H19ClOS. The average Bonchev–Trinajstić information content (AvgIpc) is 2.67. The fraction of sp³-hybridized carbons (Fsp3) is 0.136. The molecule has 3 rings (SSSR count). The zero-order chi connectivity index (χ0) is 17.5. The largest absolute Gasteiger partial charge is 0.294 e.